The third-order valence-corrected chi connectivity index (χ3v) is 2.50. The van der Waals surface area contributed by atoms with E-state index in [-0.39, 0.29) is 0 Å². The zero-order valence-corrected chi connectivity index (χ0v) is 9.32. The number of urea groups is 1. The Morgan fingerprint density at radius 1 is 1.50 bits per heavy atom. The van der Waals surface area contributed by atoms with Crippen LogP contribution >= 0.6 is 11.3 Å². The Morgan fingerprint density at radius 2 is 2.19 bits per heavy atom. The summed E-state index contributed by atoms with van der Waals surface area (Å²) in [7, 11) is 0. The van der Waals surface area contributed by atoms with Gasteiger partial charge in [-0.05, 0) is 18.4 Å². The highest BCUT2D eigenvalue weighted by atomic mass is 32.1. The number of hydrogen-bond acceptors (Lipinski definition) is 4. The van der Waals surface area contributed by atoms with Crippen molar-refractivity contribution in [1.82, 2.24) is 5.32 Å². The highest BCUT2D eigenvalue weighted by molar-refractivity contribution is 7.08. The van der Waals surface area contributed by atoms with Gasteiger partial charge in [-0.2, -0.15) is 11.3 Å². The van der Waals surface area contributed by atoms with Crippen molar-refractivity contribution in [2.45, 2.75) is 19.1 Å². The van der Waals surface area contributed by atoms with Gasteiger partial charge in [0.1, 0.15) is 0 Å². The molecule has 1 aromatic heterocycles. The molecular weight excluding hydrogens is 232 g/mol. The van der Waals surface area contributed by atoms with Crippen LogP contribution in [-0.2, 0) is 4.79 Å². The Kier molecular flexibility index (Phi) is 4.27. The van der Waals surface area contributed by atoms with Crippen LogP contribution in [-0.4, -0.2) is 34.4 Å². The predicted molar refractivity (Wildman–Crippen MR) is 59.6 cm³/mol. The lowest BCUT2D eigenvalue weighted by molar-refractivity contribution is -0.141. The largest absolute Gasteiger partial charge is 0.480 e. The fourth-order valence-corrected chi connectivity index (χ4v) is 1.62. The molecule has 0 aliphatic heterocycles. The van der Waals surface area contributed by atoms with Gasteiger partial charge >= 0.3 is 12.0 Å². The first-order valence-corrected chi connectivity index (χ1v) is 5.45. The maximum absolute atomic E-state index is 11.3. The fraction of sp³-hybridized carbons (Fsp3) is 0.333. The molecule has 1 rings (SSSR count). The fourth-order valence-electron chi connectivity index (χ4n) is 1.03. The molecule has 4 N–H and O–H groups in total. The van der Waals surface area contributed by atoms with Crippen molar-refractivity contribution in [1.29, 1.82) is 0 Å². The first-order valence-electron chi connectivity index (χ1n) is 4.51. The van der Waals surface area contributed by atoms with Gasteiger partial charge < -0.3 is 20.8 Å². The molecule has 2 atom stereocenters. The molecule has 2 amide bonds. The van der Waals surface area contributed by atoms with Crippen LogP contribution in [0.2, 0.25) is 0 Å². The van der Waals surface area contributed by atoms with E-state index in [4.69, 9.17) is 10.2 Å². The van der Waals surface area contributed by atoms with Crippen molar-refractivity contribution >= 4 is 29.0 Å². The minimum absolute atomic E-state index is 0.581. The molecule has 0 saturated carbocycles. The second kappa shape index (κ2) is 5.47. The summed E-state index contributed by atoms with van der Waals surface area (Å²) < 4.78 is 0. The lowest BCUT2D eigenvalue weighted by atomic mass is 10.2. The van der Waals surface area contributed by atoms with Gasteiger partial charge in [-0.1, -0.05) is 0 Å². The second-order valence-electron chi connectivity index (χ2n) is 3.17. The molecule has 1 aromatic rings. The van der Waals surface area contributed by atoms with Crippen LogP contribution in [0.5, 0.6) is 0 Å². The summed E-state index contributed by atoms with van der Waals surface area (Å²) in [5.74, 6) is -1.28. The Hall–Kier alpha value is -1.60. The van der Waals surface area contributed by atoms with E-state index in [1.807, 2.05) is 0 Å². The monoisotopic (exact) mass is 244 g/mol. The van der Waals surface area contributed by atoms with Crippen LogP contribution in [0.1, 0.15) is 6.92 Å². The maximum atomic E-state index is 11.3. The Labute approximate surface area is 95.9 Å². The number of carbonyl (C=O) groups excluding carboxylic acids is 1. The molecule has 0 fully saturated rings. The number of anilines is 1. The Balaban J connectivity index is 2.52. The van der Waals surface area contributed by atoms with Crippen molar-refractivity contribution < 1.29 is 19.8 Å². The van der Waals surface area contributed by atoms with Crippen molar-refractivity contribution in [3.8, 4) is 0 Å². The molecule has 88 valence electrons. The van der Waals surface area contributed by atoms with E-state index < -0.39 is 24.1 Å². The third-order valence-electron chi connectivity index (χ3n) is 1.81. The lowest BCUT2D eigenvalue weighted by Gasteiger charge is -2.16. The predicted octanol–water partition coefficient (Wildman–Crippen LogP) is 0.704. The summed E-state index contributed by atoms with van der Waals surface area (Å²) in [4.78, 5) is 22.0. The highest BCUT2D eigenvalue weighted by Gasteiger charge is 2.24. The van der Waals surface area contributed by atoms with Gasteiger partial charge in [0.25, 0.3) is 0 Å². The Bertz CT molecular complexity index is 364. The van der Waals surface area contributed by atoms with E-state index in [1.165, 1.54) is 18.3 Å². The topological polar surface area (TPSA) is 98.7 Å². The zero-order valence-electron chi connectivity index (χ0n) is 8.51. The van der Waals surface area contributed by atoms with Gasteiger partial charge in [0.15, 0.2) is 6.04 Å². The molecule has 0 aliphatic carbocycles. The van der Waals surface area contributed by atoms with Gasteiger partial charge in [0, 0.05) is 5.38 Å². The van der Waals surface area contributed by atoms with Crippen LogP contribution < -0.4 is 10.6 Å². The van der Waals surface area contributed by atoms with Gasteiger partial charge in [-0.3, -0.25) is 0 Å². The summed E-state index contributed by atoms with van der Waals surface area (Å²) in [5.41, 5.74) is 0.581. The molecule has 0 aliphatic rings. The molecule has 0 radical (unpaired) electrons. The number of aliphatic hydroxyl groups excluding tert-OH is 1. The third kappa shape index (κ3) is 3.52. The van der Waals surface area contributed by atoms with Crippen molar-refractivity contribution in [2.75, 3.05) is 5.32 Å². The van der Waals surface area contributed by atoms with Crippen molar-refractivity contribution in [3.05, 3.63) is 16.8 Å². The van der Waals surface area contributed by atoms with Gasteiger partial charge in [-0.15, -0.1) is 0 Å². The van der Waals surface area contributed by atoms with Crippen LogP contribution in [0, 0.1) is 0 Å². The number of thiophene rings is 1. The van der Waals surface area contributed by atoms with E-state index in [9.17, 15) is 9.59 Å². The van der Waals surface area contributed by atoms with E-state index in [0.717, 1.165) is 0 Å². The first kappa shape index (κ1) is 12.5. The van der Waals surface area contributed by atoms with Crippen LogP contribution in [0.4, 0.5) is 10.5 Å². The van der Waals surface area contributed by atoms with Crippen molar-refractivity contribution in [3.63, 3.8) is 0 Å². The average molecular weight is 244 g/mol. The number of carboxylic acids is 1. The number of amides is 2. The number of nitrogens with one attached hydrogen (secondary N) is 2. The van der Waals surface area contributed by atoms with Crippen molar-refractivity contribution in [2.24, 2.45) is 0 Å². The van der Waals surface area contributed by atoms with E-state index in [2.05, 4.69) is 10.6 Å². The molecule has 1 heterocycles. The minimum atomic E-state index is -1.32. The van der Waals surface area contributed by atoms with Crippen LogP contribution in [0.15, 0.2) is 16.8 Å². The van der Waals surface area contributed by atoms with Gasteiger partial charge in [0.2, 0.25) is 0 Å². The number of carbonyl (C=O) groups is 2. The molecule has 6 nitrogen and oxygen atoms in total. The molecule has 0 aromatic carbocycles. The normalized spacial score (nSPS) is 13.9. The van der Waals surface area contributed by atoms with E-state index in [0.29, 0.717) is 5.69 Å². The number of hydrogen-bond donors (Lipinski definition) is 4. The van der Waals surface area contributed by atoms with Crippen LogP contribution in [0.25, 0.3) is 0 Å². The van der Waals surface area contributed by atoms with Gasteiger partial charge in [0.05, 0.1) is 11.8 Å². The molecule has 0 saturated heterocycles. The molecule has 16 heavy (non-hydrogen) atoms. The standard InChI is InChI=1S/C9H12N2O4S/c1-5(12)7(8(13)14)11-9(15)10-6-2-3-16-4-6/h2-5,7,12H,1H3,(H,13,14)(H2,10,11,15)/t5-,7+/m1/s1. The minimum Gasteiger partial charge on any atom is -0.480 e. The molecule has 7 heteroatoms. The summed E-state index contributed by atoms with van der Waals surface area (Å²) in [6.45, 7) is 1.30. The number of rotatable bonds is 4. The molecule has 0 unspecified atom stereocenters. The van der Waals surface area contributed by atoms with Crippen LogP contribution in [0.3, 0.4) is 0 Å². The SMILES string of the molecule is C[C@@H](O)[C@H](NC(=O)Nc1ccsc1)C(=O)O. The van der Waals surface area contributed by atoms with E-state index in [1.54, 1.807) is 16.8 Å². The quantitative estimate of drug-likeness (QED) is 0.626. The summed E-state index contributed by atoms with van der Waals surface area (Å²) in [5, 5.41) is 25.9. The molecular formula is C9H12N2O4S. The summed E-state index contributed by atoms with van der Waals surface area (Å²) in [6.07, 6.45) is -1.16. The number of aliphatic hydroxyl groups is 1. The zero-order chi connectivity index (χ0) is 12.1. The first-order chi connectivity index (χ1) is 7.50. The lowest BCUT2D eigenvalue weighted by Crippen LogP contribution is -2.49. The highest BCUT2D eigenvalue weighted by Crippen LogP contribution is 2.11. The Morgan fingerprint density at radius 3 is 2.62 bits per heavy atom. The number of aliphatic carboxylic acids is 1. The second-order valence-corrected chi connectivity index (χ2v) is 3.95. The number of carboxylic acid groups (broad SMARTS) is 1. The molecule has 0 bridgehead atoms. The summed E-state index contributed by atoms with van der Waals surface area (Å²) in [6, 6.07) is -0.298. The summed E-state index contributed by atoms with van der Waals surface area (Å²) >= 11 is 1.40. The van der Waals surface area contributed by atoms with Gasteiger partial charge in [-0.25, -0.2) is 9.59 Å². The molecule has 0 spiro atoms. The maximum Gasteiger partial charge on any atom is 0.328 e. The smallest absolute Gasteiger partial charge is 0.328 e. The average Bonchev–Trinajstić information content (AvgIpc) is 2.65. The van der Waals surface area contributed by atoms with E-state index >= 15 is 0 Å².